The molecule has 1 amide bonds. The van der Waals surface area contributed by atoms with Crippen molar-refractivity contribution in [3.05, 3.63) is 69.5 Å². The van der Waals surface area contributed by atoms with Crippen LogP contribution in [-0.2, 0) is 4.74 Å². The van der Waals surface area contributed by atoms with Crippen molar-refractivity contribution in [3.8, 4) is 17.3 Å². The van der Waals surface area contributed by atoms with Crippen LogP contribution in [0.4, 0.5) is 5.13 Å². The van der Waals surface area contributed by atoms with E-state index < -0.39 is 0 Å². The highest BCUT2D eigenvalue weighted by Crippen LogP contribution is 2.30. The van der Waals surface area contributed by atoms with E-state index in [0.29, 0.717) is 22.8 Å². The number of amides is 1. The van der Waals surface area contributed by atoms with Crippen molar-refractivity contribution in [1.29, 1.82) is 5.26 Å². The number of hydrogen-bond donors (Lipinski definition) is 0. The summed E-state index contributed by atoms with van der Waals surface area (Å²) in [5.41, 5.74) is 2.89. The zero-order valence-electron chi connectivity index (χ0n) is 15.5. The third-order valence-electron chi connectivity index (χ3n) is 4.78. The number of carbonyl (C=O) groups excluding carboxylic acids is 1. The lowest BCUT2D eigenvalue weighted by molar-refractivity contribution is 0.0917. The molecule has 1 saturated heterocycles. The molecule has 5 nitrogen and oxygen atoms in total. The van der Waals surface area contributed by atoms with Gasteiger partial charge in [0.05, 0.1) is 30.0 Å². The minimum Gasteiger partial charge on any atom is -0.376 e. The minimum atomic E-state index is -0.137. The van der Waals surface area contributed by atoms with Gasteiger partial charge in [0.1, 0.15) is 0 Å². The van der Waals surface area contributed by atoms with Crippen LogP contribution in [0, 0.1) is 11.3 Å². The Bertz CT molecular complexity index is 1040. The Morgan fingerprint density at radius 1 is 1.24 bits per heavy atom. The molecule has 3 aromatic rings. The molecular formula is C22H18BrN3O2S. The van der Waals surface area contributed by atoms with Gasteiger partial charge in [0.15, 0.2) is 5.13 Å². The predicted octanol–water partition coefficient (Wildman–Crippen LogP) is 5.27. The Hall–Kier alpha value is -2.53. The van der Waals surface area contributed by atoms with Gasteiger partial charge < -0.3 is 4.74 Å². The zero-order chi connectivity index (χ0) is 20.2. The first-order chi connectivity index (χ1) is 14.1. The summed E-state index contributed by atoms with van der Waals surface area (Å²) >= 11 is 4.89. The number of nitriles is 1. The van der Waals surface area contributed by atoms with Crippen molar-refractivity contribution < 1.29 is 9.53 Å². The monoisotopic (exact) mass is 467 g/mol. The molecule has 2 heterocycles. The van der Waals surface area contributed by atoms with Gasteiger partial charge in [0.2, 0.25) is 0 Å². The van der Waals surface area contributed by atoms with Crippen LogP contribution in [0.3, 0.4) is 0 Å². The summed E-state index contributed by atoms with van der Waals surface area (Å²) < 4.78 is 6.77. The zero-order valence-corrected chi connectivity index (χ0v) is 17.9. The highest BCUT2D eigenvalue weighted by atomic mass is 79.9. The number of rotatable bonds is 5. The molecule has 7 heteroatoms. The molecule has 29 heavy (non-hydrogen) atoms. The van der Waals surface area contributed by atoms with E-state index in [-0.39, 0.29) is 12.0 Å². The van der Waals surface area contributed by atoms with Gasteiger partial charge in [-0.1, -0.05) is 28.1 Å². The first-order valence-corrected chi connectivity index (χ1v) is 11.0. The summed E-state index contributed by atoms with van der Waals surface area (Å²) in [5.74, 6) is -0.137. The van der Waals surface area contributed by atoms with Gasteiger partial charge in [0, 0.05) is 27.6 Å². The summed E-state index contributed by atoms with van der Waals surface area (Å²) in [4.78, 5) is 19.7. The van der Waals surface area contributed by atoms with E-state index in [0.717, 1.165) is 35.2 Å². The molecule has 1 fully saturated rings. The van der Waals surface area contributed by atoms with Crippen LogP contribution in [0.5, 0.6) is 0 Å². The van der Waals surface area contributed by atoms with Crippen LogP contribution in [0.2, 0.25) is 0 Å². The van der Waals surface area contributed by atoms with Crippen LogP contribution in [-0.4, -0.2) is 30.1 Å². The van der Waals surface area contributed by atoms with Crippen molar-refractivity contribution >= 4 is 38.3 Å². The third kappa shape index (κ3) is 4.56. The lowest BCUT2D eigenvalue weighted by atomic mass is 10.1. The normalized spacial score (nSPS) is 15.8. The summed E-state index contributed by atoms with van der Waals surface area (Å²) in [5, 5.41) is 11.6. The fourth-order valence-corrected chi connectivity index (χ4v) is 4.33. The van der Waals surface area contributed by atoms with Crippen LogP contribution in [0.15, 0.2) is 58.4 Å². The Kier molecular flexibility index (Phi) is 6.05. The fraction of sp³-hybridized carbons (Fsp3) is 0.227. The summed E-state index contributed by atoms with van der Waals surface area (Å²) in [6.07, 6.45) is 1.95. The summed E-state index contributed by atoms with van der Waals surface area (Å²) in [7, 11) is 0. The fourth-order valence-electron chi connectivity index (χ4n) is 3.22. The molecule has 1 atom stereocenters. The number of anilines is 1. The second-order valence-corrected chi connectivity index (χ2v) is 8.51. The van der Waals surface area contributed by atoms with Crippen molar-refractivity contribution in [3.63, 3.8) is 0 Å². The van der Waals surface area contributed by atoms with Gasteiger partial charge in [0.25, 0.3) is 5.91 Å². The topological polar surface area (TPSA) is 66.2 Å². The van der Waals surface area contributed by atoms with Crippen molar-refractivity contribution in [2.45, 2.75) is 18.9 Å². The lowest BCUT2D eigenvalue weighted by Crippen LogP contribution is -2.37. The second kappa shape index (κ2) is 8.87. The molecule has 1 aromatic heterocycles. The third-order valence-corrected chi connectivity index (χ3v) is 6.17. The van der Waals surface area contributed by atoms with Crippen molar-refractivity contribution in [1.82, 2.24) is 4.98 Å². The minimum absolute atomic E-state index is 0.0114. The SMILES string of the molecule is N#Cc1ccc(C(=O)N(CC2CCCO2)c2nc(-c3ccc(Br)cc3)cs2)cc1. The standard InChI is InChI=1S/C22H18BrN3O2S/c23-18-9-7-16(8-10-18)20-14-29-22(25-20)26(13-19-2-1-11-28-19)21(27)17-5-3-15(12-24)4-6-17/h3-10,14,19H,1-2,11,13H2. The number of carbonyl (C=O) groups is 1. The van der Waals surface area contributed by atoms with E-state index >= 15 is 0 Å². The van der Waals surface area contributed by atoms with E-state index in [1.54, 1.807) is 29.2 Å². The average molecular weight is 468 g/mol. The maximum Gasteiger partial charge on any atom is 0.260 e. The largest absolute Gasteiger partial charge is 0.376 e. The van der Waals surface area contributed by atoms with Gasteiger partial charge in [-0.15, -0.1) is 11.3 Å². The molecule has 0 spiro atoms. The number of ether oxygens (including phenoxy) is 1. The van der Waals surface area contributed by atoms with Crippen LogP contribution in [0.25, 0.3) is 11.3 Å². The molecule has 0 saturated carbocycles. The van der Waals surface area contributed by atoms with E-state index in [1.165, 1.54) is 11.3 Å². The molecule has 4 rings (SSSR count). The molecule has 0 N–H and O–H groups in total. The number of nitrogens with zero attached hydrogens (tertiary/aromatic N) is 3. The lowest BCUT2D eigenvalue weighted by Gasteiger charge is -2.23. The molecular weight excluding hydrogens is 450 g/mol. The Morgan fingerprint density at radius 2 is 2.00 bits per heavy atom. The Balaban J connectivity index is 1.63. The van der Waals surface area contributed by atoms with E-state index in [9.17, 15) is 4.79 Å². The summed E-state index contributed by atoms with van der Waals surface area (Å²) in [6.45, 7) is 1.19. The van der Waals surface area contributed by atoms with E-state index in [4.69, 9.17) is 15.0 Å². The van der Waals surface area contributed by atoms with Gasteiger partial charge in [-0.2, -0.15) is 5.26 Å². The number of thiazole rings is 1. The molecule has 0 radical (unpaired) electrons. The number of benzene rings is 2. The first-order valence-electron chi connectivity index (χ1n) is 9.29. The maximum atomic E-state index is 13.3. The van der Waals surface area contributed by atoms with E-state index in [2.05, 4.69) is 22.0 Å². The van der Waals surface area contributed by atoms with Gasteiger partial charge in [-0.25, -0.2) is 4.98 Å². The number of halogens is 1. The van der Waals surface area contributed by atoms with Crippen LogP contribution < -0.4 is 4.90 Å². The number of aromatic nitrogens is 1. The quantitative estimate of drug-likeness (QED) is 0.512. The first kappa shape index (κ1) is 19.8. The molecule has 0 bridgehead atoms. The molecule has 1 aliphatic heterocycles. The smallest absolute Gasteiger partial charge is 0.260 e. The predicted molar refractivity (Wildman–Crippen MR) is 117 cm³/mol. The average Bonchev–Trinajstić information content (AvgIpc) is 3.44. The summed E-state index contributed by atoms with van der Waals surface area (Å²) in [6, 6.07) is 16.7. The van der Waals surface area contributed by atoms with Crippen LogP contribution >= 0.6 is 27.3 Å². The van der Waals surface area contributed by atoms with Crippen molar-refractivity contribution in [2.24, 2.45) is 0 Å². The Labute approximate surface area is 181 Å². The molecule has 2 aromatic carbocycles. The molecule has 1 unspecified atom stereocenters. The Morgan fingerprint density at radius 3 is 2.66 bits per heavy atom. The van der Waals surface area contributed by atoms with E-state index in [1.807, 2.05) is 29.6 Å². The van der Waals surface area contributed by atoms with Crippen LogP contribution in [0.1, 0.15) is 28.8 Å². The molecule has 1 aliphatic rings. The van der Waals surface area contributed by atoms with Gasteiger partial charge >= 0.3 is 0 Å². The van der Waals surface area contributed by atoms with Gasteiger partial charge in [-0.3, -0.25) is 9.69 Å². The highest BCUT2D eigenvalue weighted by Gasteiger charge is 2.27. The van der Waals surface area contributed by atoms with Gasteiger partial charge in [-0.05, 0) is 49.2 Å². The highest BCUT2D eigenvalue weighted by molar-refractivity contribution is 9.10. The molecule has 146 valence electrons. The van der Waals surface area contributed by atoms with Crippen molar-refractivity contribution in [2.75, 3.05) is 18.1 Å². The second-order valence-electron chi connectivity index (χ2n) is 6.76. The number of hydrogen-bond acceptors (Lipinski definition) is 5. The maximum absolute atomic E-state index is 13.3. The molecule has 0 aliphatic carbocycles.